The lowest BCUT2D eigenvalue weighted by Crippen LogP contribution is -2.39. The Morgan fingerprint density at radius 1 is 1.26 bits per heavy atom. The van der Waals surface area contributed by atoms with Gasteiger partial charge in [-0.05, 0) is 42.9 Å². The first kappa shape index (κ1) is 19.6. The van der Waals surface area contributed by atoms with Gasteiger partial charge in [0.1, 0.15) is 23.0 Å². The van der Waals surface area contributed by atoms with Gasteiger partial charge in [0.25, 0.3) is 0 Å². The molecule has 7 heteroatoms. The van der Waals surface area contributed by atoms with Crippen LogP contribution in [0.1, 0.15) is 25.8 Å². The highest BCUT2D eigenvalue weighted by atomic mass is 32.2. The lowest BCUT2D eigenvalue weighted by molar-refractivity contribution is -0.113. The summed E-state index contributed by atoms with van der Waals surface area (Å²) in [5.74, 6) is 1.88. The van der Waals surface area contributed by atoms with Gasteiger partial charge in [-0.15, -0.1) is 0 Å². The molecule has 3 rings (SSSR count). The number of thioether (sulfide) groups is 1. The molecule has 2 heterocycles. The van der Waals surface area contributed by atoms with Gasteiger partial charge in [-0.1, -0.05) is 31.7 Å². The van der Waals surface area contributed by atoms with E-state index in [1.54, 1.807) is 25.4 Å². The summed E-state index contributed by atoms with van der Waals surface area (Å²) in [6.07, 6.45) is 2.79. The summed E-state index contributed by atoms with van der Waals surface area (Å²) in [4.78, 5) is 23.1. The average molecular weight is 389 g/mol. The number of amides is 1. The number of hydrogen-bond donors (Lipinski definition) is 1. The van der Waals surface area contributed by atoms with Crippen LogP contribution in [0.15, 0.2) is 35.6 Å². The van der Waals surface area contributed by atoms with E-state index in [0.29, 0.717) is 23.1 Å². The molecule has 1 N–H and O–H groups in total. The Hall–Kier alpha value is -2.15. The van der Waals surface area contributed by atoms with E-state index in [0.717, 1.165) is 23.9 Å². The van der Waals surface area contributed by atoms with Crippen LogP contribution in [0, 0.1) is 24.6 Å². The van der Waals surface area contributed by atoms with Crippen molar-refractivity contribution in [3.05, 3.63) is 42.0 Å². The quantitative estimate of drug-likeness (QED) is 0.616. The minimum absolute atomic E-state index is 0.191. The molecule has 0 bridgehead atoms. The molecule has 144 valence electrons. The number of rotatable bonds is 5. The van der Waals surface area contributed by atoms with E-state index in [1.807, 2.05) is 6.07 Å². The lowest BCUT2D eigenvalue weighted by Gasteiger charge is -2.35. The number of hydrogen-bond acceptors (Lipinski definition) is 5. The molecule has 1 aromatic heterocycles. The molecule has 0 unspecified atom stereocenters. The number of aryl methyl sites for hydroxylation is 1. The van der Waals surface area contributed by atoms with Crippen LogP contribution in [-0.4, -0.2) is 34.7 Å². The Labute approximate surface area is 163 Å². The van der Waals surface area contributed by atoms with Crippen molar-refractivity contribution >= 4 is 29.2 Å². The van der Waals surface area contributed by atoms with E-state index in [2.05, 4.69) is 34.0 Å². The van der Waals surface area contributed by atoms with Crippen LogP contribution in [0.2, 0.25) is 0 Å². The molecule has 1 aromatic carbocycles. The van der Waals surface area contributed by atoms with Crippen molar-refractivity contribution < 1.29 is 9.18 Å². The average Bonchev–Trinajstić information content (AvgIpc) is 2.62. The molecule has 0 radical (unpaired) electrons. The molecule has 0 saturated carbocycles. The van der Waals surface area contributed by atoms with Crippen molar-refractivity contribution in [3.63, 3.8) is 0 Å². The molecule has 0 spiro atoms. The zero-order valence-corrected chi connectivity index (χ0v) is 16.7. The van der Waals surface area contributed by atoms with Crippen molar-refractivity contribution in [2.75, 3.05) is 29.1 Å². The Kier molecular flexibility index (Phi) is 6.31. The van der Waals surface area contributed by atoms with Crippen molar-refractivity contribution in [3.8, 4) is 0 Å². The summed E-state index contributed by atoms with van der Waals surface area (Å²) in [5, 5.41) is 3.48. The van der Waals surface area contributed by atoms with Gasteiger partial charge < -0.3 is 10.2 Å². The van der Waals surface area contributed by atoms with E-state index in [4.69, 9.17) is 0 Å². The third-order valence-corrected chi connectivity index (χ3v) is 5.55. The number of nitrogens with zero attached hydrogens (tertiary/aromatic N) is 3. The normalized spacial score (nSPS) is 19.8. The van der Waals surface area contributed by atoms with Crippen LogP contribution < -0.4 is 10.2 Å². The standard InChI is InChI=1S/C20H25FN4OS/c1-13-6-14(2)10-25(9-13)18-8-20(23-12-22-18)27-11-19(26)24-16-5-4-15(3)17(21)7-16/h4-5,7-8,12-14H,6,9-11H2,1-3H3,(H,24,26)/t13-,14-/m0/s1. The van der Waals surface area contributed by atoms with Gasteiger partial charge in [0.15, 0.2) is 0 Å². The Bertz CT molecular complexity index is 806. The molecule has 1 aliphatic heterocycles. The van der Waals surface area contributed by atoms with Crippen LogP contribution in [0.3, 0.4) is 0 Å². The Morgan fingerprint density at radius 2 is 2.00 bits per heavy atom. The lowest BCUT2D eigenvalue weighted by atomic mass is 9.92. The van der Waals surface area contributed by atoms with Crippen LogP contribution in [0.5, 0.6) is 0 Å². The van der Waals surface area contributed by atoms with E-state index in [1.165, 1.54) is 24.2 Å². The summed E-state index contributed by atoms with van der Waals surface area (Å²) in [7, 11) is 0. The maximum atomic E-state index is 13.6. The number of nitrogens with one attached hydrogen (secondary N) is 1. The largest absolute Gasteiger partial charge is 0.356 e. The second kappa shape index (κ2) is 8.69. The van der Waals surface area contributed by atoms with Gasteiger partial charge in [0.2, 0.25) is 5.91 Å². The van der Waals surface area contributed by atoms with Crippen LogP contribution in [-0.2, 0) is 4.79 Å². The van der Waals surface area contributed by atoms with Crippen LogP contribution in [0.25, 0.3) is 0 Å². The predicted octanol–water partition coefficient (Wildman–Crippen LogP) is 4.14. The topological polar surface area (TPSA) is 58.1 Å². The van der Waals surface area contributed by atoms with Gasteiger partial charge in [-0.3, -0.25) is 4.79 Å². The zero-order valence-electron chi connectivity index (χ0n) is 15.9. The summed E-state index contributed by atoms with van der Waals surface area (Å²) < 4.78 is 13.6. The van der Waals surface area contributed by atoms with Crippen molar-refractivity contribution in [1.29, 1.82) is 0 Å². The number of benzene rings is 1. The number of anilines is 2. The van der Waals surface area contributed by atoms with Gasteiger partial charge >= 0.3 is 0 Å². The molecule has 0 aliphatic carbocycles. The SMILES string of the molecule is Cc1ccc(NC(=O)CSc2cc(N3C[C@@H](C)C[C@H](C)C3)ncn2)cc1F. The van der Waals surface area contributed by atoms with E-state index < -0.39 is 0 Å². The highest BCUT2D eigenvalue weighted by molar-refractivity contribution is 7.99. The molecule has 1 amide bonds. The van der Waals surface area contributed by atoms with Gasteiger partial charge in [-0.25, -0.2) is 14.4 Å². The molecule has 2 atom stereocenters. The maximum Gasteiger partial charge on any atom is 0.234 e. The van der Waals surface area contributed by atoms with Gasteiger partial charge in [0.05, 0.1) is 5.75 Å². The molecule has 27 heavy (non-hydrogen) atoms. The first-order valence-electron chi connectivity index (χ1n) is 9.16. The summed E-state index contributed by atoms with van der Waals surface area (Å²) in [5.41, 5.74) is 1.01. The van der Waals surface area contributed by atoms with Gasteiger partial charge in [0, 0.05) is 24.8 Å². The highest BCUT2D eigenvalue weighted by Gasteiger charge is 2.23. The fourth-order valence-electron chi connectivity index (χ4n) is 3.44. The molecular weight excluding hydrogens is 363 g/mol. The highest BCUT2D eigenvalue weighted by Crippen LogP contribution is 2.27. The minimum Gasteiger partial charge on any atom is -0.356 e. The number of carbonyl (C=O) groups is 1. The summed E-state index contributed by atoms with van der Waals surface area (Å²) in [6, 6.07) is 6.62. The Morgan fingerprint density at radius 3 is 2.70 bits per heavy atom. The summed E-state index contributed by atoms with van der Waals surface area (Å²) >= 11 is 1.35. The smallest absolute Gasteiger partial charge is 0.234 e. The van der Waals surface area contributed by atoms with E-state index in [-0.39, 0.29) is 17.5 Å². The molecular formula is C20H25FN4OS. The van der Waals surface area contributed by atoms with Gasteiger partial charge in [-0.2, -0.15) is 0 Å². The van der Waals surface area contributed by atoms with Crippen molar-refractivity contribution in [1.82, 2.24) is 9.97 Å². The monoisotopic (exact) mass is 388 g/mol. The molecule has 2 aromatic rings. The van der Waals surface area contributed by atoms with Crippen molar-refractivity contribution in [2.24, 2.45) is 11.8 Å². The molecule has 1 fully saturated rings. The second-order valence-electron chi connectivity index (χ2n) is 7.37. The van der Waals surface area contributed by atoms with E-state index in [9.17, 15) is 9.18 Å². The number of piperidine rings is 1. The minimum atomic E-state index is -0.328. The molecule has 1 aliphatic rings. The molecule has 1 saturated heterocycles. The zero-order chi connectivity index (χ0) is 19.4. The molecule has 5 nitrogen and oxygen atoms in total. The first-order valence-corrected chi connectivity index (χ1v) is 10.1. The fourth-order valence-corrected chi connectivity index (χ4v) is 4.10. The number of aromatic nitrogens is 2. The summed E-state index contributed by atoms with van der Waals surface area (Å²) in [6.45, 7) is 8.19. The third-order valence-electron chi connectivity index (χ3n) is 4.63. The number of halogens is 1. The van der Waals surface area contributed by atoms with E-state index >= 15 is 0 Å². The third kappa shape index (κ3) is 5.42. The second-order valence-corrected chi connectivity index (χ2v) is 8.36. The van der Waals surface area contributed by atoms with Crippen LogP contribution >= 0.6 is 11.8 Å². The Balaban J connectivity index is 1.57. The maximum absolute atomic E-state index is 13.6. The fraction of sp³-hybridized carbons (Fsp3) is 0.450. The van der Waals surface area contributed by atoms with Crippen molar-refractivity contribution in [2.45, 2.75) is 32.2 Å². The van der Waals surface area contributed by atoms with Crippen LogP contribution in [0.4, 0.5) is 15.9 Å². The number of carbonyl (C=O) groups excluding carboxylic acids is 1. The first-order chi connectivity index (χ1) is 12.9. The predicted molar refractivity (Wildman–Crippen MR) is 108 cm³/mol.